The number of carbonyl (C=O) groups excluding carboxylic acids is 1. The van der Waals surface area contributed by atoms with Gasteiger partial charge in [-0.15, -0.1) is 0 Å². The molecule has 3 aromatic carbocycles. The number of carbonyl (C=O) groups is 1. The highest BCUT2D eigenvalue weighted by molar-refractivity contribution is 6.33. The number of hydrogen-bond acceptors (Lipinski definition) is 3. The van der Waals surface area contributed by atoms with Crippen molar-refractivity contribution in [2.45, 2.75) is 13.2 Å². The van der Waals surface area contributed by atoms with Gasteiger partial charge in [0.25, 0.3) is 0 Å². The maximum Gasteiger partial charge on any atom is 0.340 e. The van der Waals surface area contributed by atoms with E-state index in [0.29, 0.717) is 22.9 Å². The van der Waals surface area contributed by atoms with Crippen LogP contribution in [0.2, 0.25) is 5.02 Å². The number of ether oxygens (including phenoxy) is 2. The SMILES string of the molecule is O=C(OCc1ccccc1)c1cc(OCc2ccccc2)ccc1Cl. The van der Waals surface area contributed by atoms with Crippen LogP contribution in [-0.4, -0.2) is 5.97 Å². The first-order valence-electron chi connectivity index (χ1n) is 7.90. The summed E-state index contributed by atoms with van der Waals surface area (Å²) in [5, 5.41) is 0.338. The number of rotatable bonds is 6. The highest BCUT2D eigenvalue weighted by atomic mass is 35.5. The van der Waals surface area contributed by atoms with E-state index in [4.69, 9.17) is 21.1 Å². The summed E-state index contributed by atoms with van der Waals surface area (Å²) < 4.78 is 11.1. The summed E-state index contributed by atoms with van der Waals surface area (Å²) in [6, 6.07) is 24.3. The average Bonchev–Trinajstić information content (AvgIpc) is 2.67. The molecule has 0 saturated heterocycles. The lowest BCUT2D eigenvalue weighted by Crippen LogP contribution is -2.06. The molecular weight excluding hydrogens is 336 g/mol. The van der Waals surface area contributed by atoms with Crippen molar-refractivity contribution in [2.75, 3.05) is 0 Å². The molecule has 0 radical (unpaired) electrons. The fourth-order valence-corrected chi connectivity index (χ4v) is 2.49. The van der Waals surface area contributed by atoms with Gasteiger partial charge in [0.05, 0.1) is 10.6 Å². The molecule has 0 bridgehead atoms. The molecule has 0 N–H and O–H groups in total. The molecule has 0 heterocycles. The topological polar surface area (TPSA) is 35.5 Å². The lowest BCUT2D eigenvalue weighted by atomic mass is 10.2. The van der Waals surface area contributed by atoms with Crippen LogP contribution >= 0.6 is 11.6 Å². The standard InChI is InChI=1S/C21H17ClO3/c22-20-12-11-18(24-14-16-7-3-1-4-8-16)13-19(20)21(23)25-15-17-9-5-2-6-10-17/h1-13H,14-15H2. The molecule has 3 aromatic rings. The summed E-state index contributed by atoms with van der Waals surface area (Å²) in [6.45, 7) is 0.617. The van der Waals surface area contributed by atoms with Crippen molar-refractivity contribution in [2.24, 2.45) is 0 Å². The Morgan fingerprint density at radius 1 is 0.800 bits per heavy atom. The van der Waals surface area contributed by atoms with Gasteiger partial charge < -0.3 is 9.47 Å². The number of halogens is 1. The van der Waals surface area contributed by atoms with Gasteiger partial charge in [-0.25, -0.2) is 4.79 Å². The monoisotopic (exact) mass is 352 g/mol. The molecule has 0 saturated carbocycles. The molecule has 126 valence electrons. The van der Waals surface area contributed by atoms with Crippen LogP contribution in [0, 0.1) is 0 Å². The number of hydrogen-bond donors (Lipinski definition) is 0. The fraction of sp³-hybridized carbons (Fsp3) is 0.0952. The van der Waals surface area contributed by atoms with E-state index >= 15 is 0 Å². The van der Waals surface area contributed by atoms with Crippen LogP contribution in [0.15, 0.2) is 78.9 Å². The molecule has 0 aliphatic carbocycles. The maximum atomic E-state index is 12.3. The van der Waals surface area contributed by atoms with E-state index in [9.17, 15) is 4.79 Å². The fourth-order valence-electron chi connectivity index (χ4n) is 2.29. The second-order valence-electron chi connectivity index (χ2n) is 5.48. The summed E-state index contributed by atoms with van der Waals surface area (Å²) in [5.74, 6) is 0.0962. The summed E-state index contributed by atoms with van der Waals surface area (Å²) in [6.07, 6.45) is 0. The van der Waals surface area contributed by atoms with Crippen LogP contribution in [0.1, 0.15) is 21.5 Å². The van der Waals surface area contributed by atoms with Gasteiger partial charge in [-0.05, 0) is 29.3 Å². The second kappa shape index (κ2) is 8.36. The van der Waals surface area contributed by atoms with Crippen LogP contribution < -0.4 is 4.74 Å². The third-order valence-electron chi connectivity index (χ3n) is 3.62. The lowest BCUT2D eigenvalue weighted by molar-refractivity contribution is 0.0472. The van der Waals surface area contributed by atoms with Crippen molar-refractivity contribution in [1.29, 1.82) is 0 Å². The Morgan fingerprint density at radius 2 is 1.40 bits per heavy atom. The van der Waals surface area contributed by atoms with Crippen molar-refractivity contribution in [3.05, 3.63) is 101 Å². The first-order chi connectivity index (χ1) is 12.2. The number of esters is 1. The van der Waals surface area contributed by atoms with Crippen molar-refractivity contribution in [3.8, 4) is 5.75 Å². The quantitative estimate of drug-likeness (QED) is 0.566. The van der Waals surface area contributed by atoms with Crippen LogP contribution in [0.25, 0.3) is 0 Å². The molecular formula is C21H17ClO3. The summed E-state index contributed by atoms with van der Waals surface area (Å²) in [7, 11) is 0. The Hall–Kier alpha value is -2.78. The van der Waals surface area contributed by atoms with Gasteiger partial charge >= 0.3 is 5.97 Å². The minimum Gasteiger partial charge on any atom is -0.489 e. The molecule has 3 nitrogen and oxygen atoms in total. The highest BCUT2D eigenvalue weighted by Gasteiger charge is 2.13. The predicted molar refractivity (Wildman–Crippen MR) is 97.8 cm³/mol. The Balaban J connectivity index is 1.65. The third-order valence-corrected chi connectivity index (χ3v) is 3.95. The van der Waals surface area contributed by atoms with E-state index in [-0.39, 0.29) is 6.61 Å². The Morgan fingerprint density at radius 3 is 2.04 bits per heavy atom. The lowest BCUT2D eigenvalue weighted by Gasteiger charge is -2.10. The molecule has 4 heteroatoms. The van der Waals surface area contributed by atoms with Crippen LogP contribution in [0.4, 0.5) is 0 Å². The molecule has 0 unspecified atom stereocenters. The second-order valence-corrected chi connectivity index (χ2v) is 5.88. The zero-order valence-electron chi connectivity index (χ0n) is 13.5. The zero-order chi connectivity index (χ0) is 17.5. The van der Waals surface area contributed by atoms with Gasteiger partial charge in [0.15, 0.2) is 0 Å². The Kier molecular flexibility index (Phi) is 5.70. The van der Waals surface area contributed by atoms with Crippen molar-refractivity contribution < 1.29 is 14.3 Å². The van der Waals surface area contributed by atoms with Gasteiger partial charge in [-0.1, -0.05) is 72.3 Å². The normalized spacial score (nSPS) is 10.3. The maximum absolute atomic E-state index is 12.3. The molecule has 3 rings (SSSR count). The minimum atomic E-state index is -0.473. The third kappa shape index (κ3) is 4.85. The van der Waals surface area contributed by atoms with E-state index in [0.717, 1.165) is 11.1 Å². The number of benzene rings is 3. The van der Waals surface area contributed by atoms with Gasteiger partial charge in [-0.3, -0.25) is 0 Å². The van der Waals surface area contributed by atoms with Gasteiger partial charge in [0, 0.05) is 0 Å². The Labute approximate surface area is 151 Å². The average molecular weight is 353 g/mol. The summed E-state index contributed by atoms with van der Waals surface area (Å²) in [4.78, 5) is 12.3. The summed E-state index contributed by atoms with van der Waals surface area (Å²) in [5.41, 5.74) is 2.26. The molecule has 0 aliphatic heterocycles. The highest BCUT2D eigenvalue weighted by Crippen LogP contribution is 2.24. The van der Waals surface area contributed by atoms with Crippen molar-refractivity contribution >= 4 is 17.6 Å². The van der Waals surface area contributed by atoms with Crippen LogP contribution in [-0.2, 0) is 18.0 Å². The van der Waals surface area contributed by atoms with Crippen molar-refractivity contribution in [1.82, 2.24) is 0 Å². The van der Waals surface area contributed by atoms with E-state index in [1.165, 1.54) is 0 Å². The molecule has 0 spiro atoms. The smallest absolute Gasteiger partial charge is 0.340 e. The molecule has 0 atom stereocenters. The van der Waals surface area contributed by atoms with E-state index in [1.807, 2.05) is 60.7 Å². The predicted octanol–water partition coefficient (Wildman–Crippen LogP) is 5.28. The summed E-state index contributed by atoms with van der Waals surface area (Å²) >= 11 is 6.13. The van der Waals surface area contributed by atoms with E-state index in [1.54, 1.807) is 18.2 Å². The van der Waals surface area contributed by atoms with Crippen molar-refractivity contribution in [3.63, 3.8) is 0 Å². The molecule has 0 aliphatic rings. The van der Waals surface area contributed by atoms with Crippen LogP contribution in [0.5, 0.6) is 5.75 Å². The first-order valence-corrected chi connectivity index (χ1v) is 8.27. The molecule has 0 amide bonds. The van der Waals surface area contributed by atoms with Gasteiger partial charge in [-0.2, -0.15) is 0 Å². The largest absolute Gasteiger partial charge is 0.489 e. The molecule has 25 heavy (non-hydrogen) atoms. The molecule has 0 aromatic heterocycles. The van der Waals surface area contributed by atoms with Gasteiger partial charge in [0.1, 0.15) is 19.0 Å². The minimum absolute atomic E-state index is 0.200. The Bertz CT molecular complexity index is 832. The first kappa shape index (κ1) is 17.1. The van der Waals surface area contributed by atoms with E-state index < -0.39 is 5.97 Å². The van der Waals surface area contributed by atoms with Gasteiger partial charge in [0.2, 0.25) is 0 Å². The van der Waals surface area contributed by atoms with E-state index in [2.05, 4.69) is 0 Å². The van der Waals surface area contributed by atoms with Crippen LogP contribution in [0.3, 0.4) is 0 Å². The molecule has 0 fully saturated rings. The zero-order valence-corrected chi connectivity index (χ0v) is 14.3.